The number of para-hydroxylation sites is 1. The second-order valence-electron chi connectivity index (χ2n) is 8.57. The third kappa shape index (κ3) is 5.48. The van der Waals surface area contributed by atoms with Crippen LogP contribution >= 0.6 is 0 Å². The first-order chi connectivity index (χ1) is 19.2. The number of methoxy groups -OCH3 is 1. The van der Waals surface area contributed by atoms with Gasteiger partial charge in [-0.2, -0.15) is 18.3 Å². The minimum absolute atomic E-state index is 0.185. The molecule has 0 saturated carbocycles. The predicted molar refractivity (Wildman–Crippen MR) is 139 cm³/mol. The van der Waals surface area contributed by atoms with E-state index in [1.54, 1.807) is 43.6 Å². The van der Waals surface area contributed by atoms with Crippen molar-refractivity contribution in [2.24, 2.45) is 0 Å². The summed E-state index contributed by atoms with van der Waals surface area (Å²) < 4.78 is 52.8. The lowest BCUT2D eigenvalue weighted by Gasteiger charge is -2.14. The van der Waals surface area contributed by atoms with Crippen molar-refractivity contribution in [3.63, 3.8) is 0 Å². The fourth-order valence-corrected chi connectivity index (χ4v) is 4.05. The van der Waals surface area contributed by atoms with E-state index in [0.29, 0.717) is 33.6 Å². The van der Waals surface area contributed by atoms with Crippen LogP contribution in [0.5, 0.6) is 11.5 Å². The molecule has 202 valence electrons. The summed E-state index contributed by atoms with van der Waals surface area (Å²) in [7, 11) is 1.58. The summed E-state index contributed by atoms with van der Waals surface area (Å²) in [6, 6.07) is 22.8. The van der Waals surface area contributed by atoms with Gasteiger partial charge >= 0.3 is 12.1 Å². The van der Waals surface area contributed by atoms with Crippen molar-refractivity contribution in [1.29, 1.82) is 0 Å². The van der Waals surface area contributed by atoms with Crippen molar-refractivity contribution in [3.05, 3.63) is 108 Å². The number of rotatable bonds is 8. The van der Waals surface area contributed by atoms with Gasteiger partial charge in [0.2, 0.25) is 0 Å². The molecular weight excluding hydrogens is 525 g/mol. The molecule has 0 bridgehead atoms. The highest BCUT2D eigenvalue weighted by molar-refractivity contribution is 5.89. The molecule has 8 nitrogen and oxygen atoms in total. The smallest absolute Gasteiger partial charge is 0.434 e. The average molecular weight is 547 g/mol. The highest BCUT2D eigenvalue weighted by Gasteiger charge is 2.41. The minimum Gasteiger partial charge on any atom is -0.495 e. The summed E-state index contributed by atoms with van der Waals surface area (Å²) in [6.45, 7) is 0.229. The van der Waals surface area contributed by atoms with E-state index in [-0.39, 0.29) is 12.4 Å². The summed E-state index contributed by atoms with van der Waals surface area (Å²) in [5.74, 6) is -0.782. The molecule has 0 fully saturated rings. The predicted octanol–water partition coefficient (Wildman–Crippen LogP) is 6.30. The fourth-order valence-electron chi connectivity index (χ4n) is 4.05. The van der Waals surface area contributed by atoms with Crippen LogP contribution in [-0.2, 0) is 12.8 Å². The number of benzene rings is 2. The summed E-state index contributed by atoms with van der Waals surface area (Å²) in [6.07, 6.45) is -2.65. The zero-order chi connectivity index (χ0) is 28.3. The Morgan fingerprint density at radius 3 is 2.38 bits per heavy atom. The Hall–Kier alpha value is -5.19. The maximum atomic E-state index is 13.7. The number of pyridine rings is 2. The summed E-state index contributed by atoms with van der Waals surface area (Å²) >= 11 is 0. The molecule has 0 aliphatic carbocycles. The highest BCUT2D eigenvalue weighted by atomic mass is 19.4. The van der Waals surface area contributed by atoms with Gasteiger partial charge in [-0.3, -0.25) is 4.98 Å². The van der Waals surface area contributed by atoms with E-state index in [1.807, 2.05) is 36.4 Å². The molecular formula is C29H21F3N4O4. The molecule has 5 rings (SSSR count). The van der Waals surface area contributed by atoms with Gasteiger partial charge in [0.15, 0.2) is 11.5 Å². The molecule has 2 aromatic carbocycles. The Morgan fingerprint density at radius 1 is 0.925 bits per heavy atom. The molecule has 40 heavy (non-hydrogen) atoms. The van der Waals surface area contributed by atoms with Gasteiger partial charge in [-0.05, 0) is 42.0 Å². The molecule has 0 spiro atoms. The number of aromatic nitrogens is 4. The quantitative estimate of drug-likeness (QED) is 0.244. The van der Waals surface area contributed by atoms with E-state index in [1.165, 1.54) is 12.1 Å². The molecule has 0 atom stereocenters. The molecule has 11 heteroatoms. The number of carboxylic acid groups (broad SMARTS) is 1. The van der Waals surface area contributed by atoms with Gasteiger partial charge in [-0.25, -0.2) is 14.5 Å². The zero-order valence-electron chi connectivity index (χ0n) is 21.0. The number of aromatic carboxylic acids is 1. The summed E-state index contributed by atoms with van der Waals surface area (Å²) in [4.78, 5) is 20.1. The molecule has 3 aromatic heterocycles. The first-order valence-electron chi connectivity index (χ1n) is 11.9. The van der Waals surface area contributed by atoms with Crippen LogP contribution in [0.2, 0.25) is 0 Å². The number of nitrogens with zero attached hydrogens (tertiary/aromatic N) is 4. The molecule has 3 heterocycles. The Bertz CT molecular complexity index is 1650. The van der Waals surface area contributed by atoms with E-state index < -0.39 is 23.4 Å². The summed E-state index contributed by atoms with van der Waals surface area (Å²) in [5, 5.41) is 12.9. The van der Waals surface area contributed by atoms with E-state index in [2.05, 4.69) is 15.1 Å². The van der Waals surface area contributed by atoms with E-state index in [4.69, 9.17) is 9.47 Å². The third-order valence-electron chi connectivity index (χ3n) is 6.00. The highest BCUT2D eigenvalue weighted by Crippen LogP contribution is 2.35. The monoisotopic (exact) mass is 546 g/mol. The van der Waals surface area contributed by atoms with E-state index in [0.717, 1.165) is 16.8 Å². The van der Waals surface area contributed by atoms with Gasteiger partial charge in [0.05, 0.1) is 30.9 Å². The second-order valence-corrected chi connectivity index (χ2v) is 8.57. The maximum absolute atomic E-state index is 13.7. The zero-order valence-corrected chi connectivity index (χ0v) is 21.0. The van der Waals surface area contributed by atoms with Gasteiger partial charge < -0.3 is 14.6 Å². The molecule has 0 aliphatic rings. The van der Waals surface area contributed by atoms with Crippen LogP contribution in [0.15, 0.2) is 91.3 Å². The molecule has 5 aromatic rings. The molecule has 0 saturated heterocycles. The average Bonchev–Trinajstić information content (AvgIpc) is 3.44. The van der Waals surface area contributed by atoms with Gasteiger partial charge in [0.25, 0.3) is 0 Å². The third-order valence-corrected chi connectivity index (χ3v) is 6.00. The molecule has 1 N–H and O–H groups in total. The Kier molecular flexibility index (Phi) is 7.19. The van der Waals surface area contributed by atoms with Crippen LogP contribution in [0.25, 0.3) is 28.3 Å². The van der Waals surface area contributed by atoms with Crippen molar-refractivity contribution in [1.82, 2.24) is 19.7 Å². The van der Waals surface area contributed by atoms with Crippen LogP contribution in [-0.4, -0.2) is 37.9 Å². The number of alkyl halides is 3. The molecule has 0 unspecified atom stereocenters. The maximum Gasteiger partial charge on any atom is 0.434 e. The first kappa shape index (κ1) is 26.4. The lowest BCUT2D eigenvalue weighted by atomic mass is 10.1. The Balaban J connectivity index is 1.38. The van der Waals surface area contributed by atoms with Crippen molar-refractivity contribution < 1.29 is 32.5 Å². The largest absolute Gasteiger partial charge is 0.495 e. The number of carbonyl (C=O) groups is 1. The molecule has 0 amide bonds. The van der Waals surface area contributed by atoms with Crippen molar-refractivity contribution in [2.45, 2.75) is 12.8 Å². The lowest BCUT2D eigenvalue weighted by molar-refractivity contribution is -0.143. The summed E-state index contributed by atoms with van der Waals surface area (Å²) in [5.41, 5.74) is 1.11. The van der Waals surface area contributed by atoms with Crippen LogP contribution < -0.4 is 9.47 Å². The van der Waals surface area contributed by atoms with Gasteiger partial charge in [-0.15, -0.1) is 0 Å². The van der Waals surface area contributed by atoms with Gasteiger partial charge in [-0.1, -0.05) is 42.5 Å². The van der Waals surface area contributed by atoms with Gasteiger partial charge in [0, 0.05) is 11.1 Å². The van der Waals surface area contributed by atoms with E-state index in [9.17, 15) is 23.1 Å². The first-order valence-corrected chi connectivity index (χ1v) is 11.9. The number of carboxylic acids is 1. The van der Waals surface area contributed by atoms with Crippen LogP contribution in [0.1, 0.15) is 21.6 Å². The van der Waals surface area contributed by atoms with Crippen molar-refractivity contribution in [2.75, 3.05) is 7.11 Å². The molecule has 0 aliphatic heterocycles. The number of hydrogen-bond donors (Lipinski definition) is 1. The Morgan fingerprint density at radius 2 is 1.70 bits per heavy atom. The fraction of sp³-hybridized carbons (Fsp3) is 0.103. The second kappa shape index (κ2) is 10.9. The number of ether oxygens (including phenoxy) is 2. The van der Waals surface area contributed by atoms with Gasteiger partial charge in [0.1, 0.15) is 23.7 Å². The van der Waals surface area contributed by atoms with Crippen molar-refractivity contribution >= 4 is 5.97 Å². The van der Waals surface area contributed by atoms with E-state index >= 15 is 0 Å². The van der Waals surface area contributed by atoms with Crippen LogP contribution in [0, 0.1) is 0 Å². The molecule has 0 radical (unpaired) electrons. The van der Waals surface area contributed by atoms with Crippen molar-refractivity contribution in [3.8, 4) is 39.8 Å². The number of halogens is 3. The normalized spacial score (nSPS) is 11.3. The Labute approximate surface area is 226 Å². The van der Waals surface area contributed by atoms with Crippen LogP contribution in [0.3, 0.4) is 0 Å². The minimum atomic E-state index is -4.96. The lowest BCUT2D eigenvalue weighted by Crippen LogP contribution is -2.18. The SMILES string of the molecule is COc1ccc(-c2ccc(COc3ccccc3-c3cccc(-n4ncc(C(=O)O)c4C(F)(F)F)n3)cc2)nc1. The number of hydrogen-bond acceptors (Lipinski definition) is 6. The standard InChI is InChI=1S/C29H21F3N4O4/c1-39-20-13-14-23(33-15-20)19-11-9-18(10-12-19)17-40-25-7-3-2-5-21(25)24-6-4-8-26(35-24)36-27(29(30,31)32)22(16-34-36)28(37)38/h2-16H,17H2,1H3,(H,37,38). The van der Waals surface area contributed by atoms with Crippen LogP contribution in [0.4, 0.5) is 13.2 Å². The topological polar surface area (TPSA) is 99.4 Å².